The van der Waals surface area contributed by atoms with E-state index in [9.17, 15) is 0 Å². The molecule has 0 unspecified atom stereocenters. The van der Waals surface area contributed by atoms with Gasteiger partial charge in [0.15, 0.2) is 0 Å². The molecule has 0 spiro atoms. The van der Waals surface area contributed by atoms with Crippen LogP contribution in [0.4, 0.5) is 0 Å². The minimum atomic E-state index is 0.630. The number of halogens is 1. The van der Waals surface area contributed by atoms with Crippen molar-refractivity contribution in [2.24, 2.45) is 0 Å². The van der Waals surface area contributed by atoms with Gasteiger partial charge in [-0.25, -0.2) is 4.98 Å². The first-order valence-electron chi connectivity index (χ1n) is 5.05. The van der Waals surface area contributed by atoms with E-state index in [4.69, 9.17) is 12.2 Å². The highest BCUT2D eigenvalue weighted by Crippen LogP contribution is 2.19. The lowest BCUT2D eigenvalue weighted by molar-refractivity contribution is 0.999. The standard InChI is InChI=1S/C12H11BrN2S/c1-2-10-7-11(16)15-12(14-10)8-4-3-5-9(13)6-8/h3-7H,2H2,1H3,(H,14,15,16). The average Bonchev–Trinajstić information content (AvgIpc) is 2.28. The van der Waals surface area contributed by atoms with Gasteiger partial charge in [-0.05, 0) is 24.6 Å². The number of rotatable bonds is 2. The molecule has 2 rings (SSSR count). The van der Waals surface area contributed by atoms with Crippen molar-refractivity contribution in [3.63, 3.8) is 0 Å². The van der Waals surface area contributed by atoms with Crippen LogP contribution >= 0.6 is 28.1 Å². The van der Waals surface area contributed by atoms with Gasteiger partial charge in [-0.1, -0.05) is 47.2 Å². The quantitative estimate of drug-likeness (QED) is 0.844. The summed E-state index contributed by atoms with van der Waals surface area (Å²) in [5, 5.41) is 0. The Bertz CT molecular complexity index is 563. The molecule has 0 saturated carbocycles. The molecule has 0 amide bonds. The molecule has 0 aliphatic heterocycles. The molecule has 1 aromatic heterocycles. The number of aromatic amines is 1. The number of hydrogen-bond acceptors (Lipinski definition) is 2. The fourth-order valence-corrected chi connectivity index (χ4v) is 2.10. The van der Waals surface area contributed by atoms with Gasteiger partial charge in [0.2, 0.25) is 0 Å². The molecule has 4 heteroatoms. The Morgan fingerprint density at radius 1 is 1.38 bits per heavy atom. The number of nitrogens with zero attached hydrogens (tertiary/aromatic N) is 1. The SMILES string of the molecule is CCc1cc(=S)nc(-c2cccc(Br)c2)[nH]1. The van der Waals surface area contributed by atoms with E-state index in [0.29, 0.717) is 4.64 Å². The fraction of sp³-hybridized carbons (Fsp3) is 0.167. The van der Waals surface area contributed by atoms with E-state index in [1.807, 2.05) is 30.3 Å². The number of hydrogen-bond donors (Lipinski definition) is 1. The lowest BCUT2D eigenvalue weighted by Gasteiger charge is -2.04. The monoisotopic (exact) mass is 294 g/mol. The van der Waals surface area contributed by atoms with Crippen LogP contribution in [0.25, 0.3) is 11.4 Å². The van der Waals surface area contributed by atoms with Gasteiger partial charge in [-0.2, -0.15) is 0 Å². The van der Waals surface area contributed by atoms with Crippen molar-refractivity contribution in [1.29, 1.82) is 0 Å². The van der Waals surface area contributed by atoms with Crippen LogP contribution in [-0.2, 0) is 6.42 Å². The molecule has 2 aromatic rings. The zero-order valence-electron chi connectivity index (χ0n) is 8.83. The molecular formula is C12H11BrN2S. The predicted octanol–water partition coefficient (Wildman–Crippen LogP) is 4.13. The second-order valence-corrected chi connectivity index (χ2v) is 4.79. The third kappa shape index (κ3) is 2.57. The lowest BCUT2D eigenvalue weighted by Crippen LogP contribution is -1.94. The predicted molar refractivity (Wildman–Crippen MR) is 71.9 cm³/mol. The molecule has 0 bridgehead atoms. The van der Waals surface area contributed by atoms with Crippen LogP contribution in [-0.4, -0.2) is 9.97 Å². The zero-order valence-corrected chi connectivity index (χ0v) is 11.2. The van der Waals surface area contributed by atoms with Crippen molar-refractivity contribution in [1.82, 2.24) is 9.97 Å². The van der Waals surface area contributed by atoms with Crippen LogP contribution in [0, 0.1) is 4.64 Å². The molecular weight excluding hydrogens is 284 g/mol. The summed E-state index contributed by atoms with van der Waals surface area (Å²) in [4.78, 5) is 7.61. The Kier molecular flexibility index (Phi) is 3.51. The summed E-state index contributed by atoms with van der Waals surface area (Å²) in [5.41, 5.74) is 2.14. The van der Waals surface area contributed by atoms with E-state index in [1.165, 1.54) is 0 Å². The molecule has 1 heterocycles. The summed E-state index contributed by atoms with van der Waals surface area (Å²) in [5.74, 6) is 0.825. The molecule has 0 fully saturated rings. The Morgan fingerprint density at radius 2 is 2.19 bits per heavy atom. The number of aryl methyl sites for hydroxylation is 1. The van der Waals surface area contributed by atoms with Gasteiger partial charge in [0.1, 0.15) is 10.5 Å². The minimum Gasteiger partial charge on any atom is -0.343 e. The molecule has 2 nitrogen and oxygen atoms in total. The first-order chi connectivity index (χ1) is 7.69. The van der Waals surface area contributed by atoms with E-state index in [1.54, 1.807) is 0 Å². The highest BCUT2D eigenvalue weighted by molar-refractivity contribution is 9.10. The van der Waals surface area contributed by atoms with Crippen LogP contribution in [0.3, 0.4) is 0 Å². The highest BCUT2D eigenvalue weighted by atomic mass is 79.9. The molecule has 1 aromatic carbocycles. The van der Waals surface area contributed by atoms with Gasteiger partial charge < -0.3 is 4.98 Å². The van der Waals surface area contributed by atoms with Crippen LogP contribution in [0.1, 0.15) is 12.6 Å². The third-order valence-electron chi connectivity index (χ3n) is 2.28. The molecule has 82 valence electrons. The van der Waals surface area contributed by atoms with Crippen LogP contribution < -0.4 is 0 Å². The van der Waals surface area contributed by atoms with E-state index >= 15 is 0 Å². The number of benzene rings is 1. The van der Waals surface area contributed by atoms with Gasteiger partial charge in [0.25, 0.3) is 0 Å². The first-order valence-corrected chi connectivity index (χ1v) is 6.25. The average molecular weight is 295 g/mol. The fourth-order valence-electron chi connectivity index (χ4n) is 1.47. The normalized spacial score (nSPS) is 10.4. The van der Waals surface area contributed by atoms with Crippen LogP contribution in [0.15, 0.2) is 34.8 Å². The maximum Gasteiger partial charge on any atom is 0.139 e. The summed E-state index contributed by atoms with van der Waals surface area (Å²) in [6.45, 7) is 2.09. The second-order valence-electron chi connectivity index (χ2n) is 3.46. The van der Waals surface area contributed by atoms with Crippen molar-refractivity contribution >= 4 is 28.1 Å². The van der Waals surface area contributed by atoms with Gasteiger partial charge in [-0.15, -0.1) is 0 Å². The van der Waals surface area contributed by atoms with Crippen LogP contribution in [0.2, 0.25) is 0 Å². The Morgan fingerprint density at radius 3 is 2.88 bits per heavy atom. The van der Waals surface area contributed by atoms with Gasteiger partial charge in [0.05, 0.1) is 0 Å². The maximum absolute atomic E-state index is 5.14. The molecule has 0 radical (unpaired) electrons. The smallest absolute Gasteiger partial charge is 0.139 e. The van der Waals surface area contributed by atoms with E-state index < -0.39 is 0 Å². The minimum absolute atomic E-state index is 0.630. The number of H-pyrrole nitrogens is 1. The summed E-state index contributed by atoms with van der Waals surface area (Å²) in [6.07, 6.45) is 0.924. The van der Waals surface area contributed by atoms with E-state index in [0.717, 1.165) is 28.0 Å². The highest BCUT2D eigenvalue weighted by Gasteiger charge is 2.01. The van der Waals surface area contributed by atoms with Crippen molar-refractivity contribution in [3.8, 4) is 11.4 Å². The topological polar surface area (TPSA) is 28.7 Å². The Balaban J connectivity index is 2.55. The van der Waals surface area contributed by atoms with Crippen molar-refractivity contribution in [3.05, 3.63) is 45.1 Å². The van der Waals surface area contributed by atoms with E-state index in [-0.39, 0.29) is 0 Å². The maximum atomic E-state index is 5.14. The molecule has 0 aliphatic carbocycles. The van der Waals surface area contributed by atoms with Crippen molar-refractivity contribution in [2.45, 2.75) is 13.3 Å². The summed E-state index contributed by atoms with van der Waals surface area (Å²) in [7, 11) is 0. The van der Waals surface area contributed by atoms with Crippen molar-refractivity contribution in [2.75, 3.05) is 0 Å². The molecule has 0 saturated heterocycles. The first kappa shape index (κ1) is 11.5. The van der Waals surface area contributed by atoms with Gasteiger partial charge in [-0.3, -0.25) is 0 Å². The van der Waals surface area contributed by atoms with Gasteiger partial charge in [0, 0.05) is 15.7 Å². The number of aromatic nitrogens is 2. The molecule has 16 heavy (non-hydrogen) atoms. The molecule has 0 aliphatic rings. The summed E-state index contributed by atoms with van der Waals surface area (Å²) >= 11 is 8.59. The van der Waals surface area contributed by atoms with Crippen molar-refractivity contribution < 1.29 is 0 Å². The Labute approximate surface area is 108 Å². The van der Waals surface area contributed by atoms with E-state index in [2.05, 4.69) is 32.8 Å². The zero-order chi connectivity index (χ0) is 11.5. The molecule has 1 N–H and O–H groups in total. The van der Waals surface area contributed by atoms with Crippen LogP contribution in [0.5, 0.6) is 0 Å². The Hall–Kier alpha value is -1.00. The number of nitrogens with one attached hydrogen (secondary N) is 1. The molecule has 0 atom stereocenters. The second kappa shape index (κ2) is 4.89. The third-order valence-corrected chi connectivity index (χ3v) is 2.98. The largest absolute Gasteiger partial charge is 0.343 e. The summed E-state index contributed by atoms with van der Waals surface area (Å²) in [6, 6.07) is 9.90. The summed E-state index contributed by atoms with van der Waals surface area (Å²) < 4.78 is 1.67. The van der Waals surface area contributed by atoms with Gasteiger partial charge >= 0.3 is 0 Å². The lowest BCUT2D eigenvalue weighted by atomic mass is 10.2.